The zero-order valence-corrected chi connectivity index (χ0v) is 15.5. The summed E-state index contributed by atoms with van der Waals surface area (Å²) in [6.45, 7) is 12.7. The number of aliphatic hydroxyl groups is 2. The molecule has 0 saturated heterocycles. The van der Waals surface area contributed by atoms with E-state index >= 15 is 0 Å². The van der Waals surface area contributed by atoms with Crippen LogP contribution in [0.15, 0.2) is 11.6 Å². The molecule has 0 aromatic rings. The lowest BCUT2D eigenvalue weighted by Crippen LogP contribution is -2.20. The number of allylic oxidation sites excluding steroid dienone is 2. The van der Waals surface area contributed by atoms with Crippen molar-refractivity contribution in [3.8, 4) is 0 Å². The van der Waals surface area contributed by atoms with Gasteiger partial charge in [0.15, 0.2) is 6.29 Å². The van der Waals surface area contributed by atoms with Crippen LogP contribution in [0.3, 0.4) is 0 Å². The van der Waals surface area contributed by atoms with Crippen LogP contribution < -0.4 is 0 Å². The molecular weight excluding hydrogens is 308 g/mol. The molecule has 6 heteroatoms. The Kier molecular flexibility index (Phi) is 22.3. The Bertz CT molecular complexity index is 255. The molecule has 0 aliphatic rings. The normalized spacial score (nSPS) is 11.3. The van der Waals surface area contributed by atoms with Crippen molar-refractivity contribution in [2.24, 2.45) is 5.41 Å². The van der Waals surface area contributed by atoms with E-state index in [-0.39, 0.29) is 24.9 Å². The number of alkyl halides is 1. The van der Waals surface area contributed by atoms with Gasteiger partial charge in [0.2, 0.25) is 0 Å². The number of ether oxygens (including phenoxy) is 2. The van der Waals surface area contributed by atoms with Gasteiger partial charge in [-0.1, -0.05) is 19.4 Å². The van der Waals surface area contributed by atoms with Gasteiger partial charge in [0.05, 0.1) is 13.2 Å². The van der Waals surface area contributed by atoms with Crippen molar-refractivity contribution in [2.75, 3.05) is 32.3 Å². The number of hydrogen-bond acceptors (Lipinski definition) is 5. The lowest BCUT2D eigenvalue weighted by Gasteiger charge is -2.16. The summed E-state index contributed by atoms with van der Waals surface area (Å²) in [6.07, 6.45) is 2.15. The highest BCUT2D eigenvalue weighted by Gasteiger charge is 2.13. The van der Waals surface area contributed by atoms with E-state index in [0.29, 0.717) is 5.88 Å². The molecule has 22 heavy (non-hydrogen) atoms. The summed E-state index contributed by atoms with van der Waals surface area (Å²) in [5.74, 6) is 0.443. The van der Waals surface area contributed by atoms with Crippen LogP contribution in [0.5, 0.6) is 0 Å². The minimum atomic E-state index is -0.306. The second-order valence-corrected chi connectivity index (χ2v) is 5.51. The highest BCUT2D eigenvalue weighted by molar-refractivity contribution is 6.19. The van der Waals surface area contributed by atoms with Crippen LogP contribution in [-0.4, -0.2) is 55.1 Å². The Hall–Kier alpha value is -0.460. The fourth-order valence-corrected chi connectivity index (χ4v) is 0.817. The summed E-state index contributed by atoms with van der Waals surface area (Å²) >= 11 is 5.30. The van der Waals surface area contributed by atoms with E-state index in [0.717, 1.165) is 25.1 Å². The monoisotopic (exact) mass is 340 g/mol. The molecule has 0 saturated carbocycles. The van der Waals surface area contributed by atoms with Gasteiger partial charge >= 0.3 is 0 Å². The minimum absolute atomic E-state index is 0.0370. The second-order valence-electron chi connectivity index (χ2n) is 5.24. The fourth-order valence-electron chi connectivity index (χ4n) is 0.728. The molecule has 5 nitrogen and oxygen atoms in total. The largest absolute Gasteiger partial charge is 0.396 e. The maximum Gasteiger partial charge on any atom is 0.154 e. The number of aliphatic hydroxyl groups excluding tert-OH is 2. The highest BCUT2D eigenvalue weighted by atomic mass is 35.5. The predicted molar refractivity (Wildman–Crippen MR) is 91.2 cm³/mol. The molecule has 134 valence electrons. The number of carbonyl (C=O) groups is 1. The fraction of sp³-hybridized carbons (Fsp3) is 0.812. The molecule has 0 amide bonds. The molecule has 0 aromatic heterocycles. The lowest BCUT2D eigenvalue weighted by molar-refractivity contribution is -0.123. The van der Waals surface area contributed by atoms with E-state index in [9.17, 15) is 4.79 Å². The SMILES string of the molecule is C/C(=C/C=O)CCl.CC(C)(CO)CO.CCOC(C)OCC. The number of halogens is 1. The van der Waals surface area contributed by atoms with E-state index in [1.54, 1.807) is 20.8 Å². The lowest BCUT2D eigenvalue weighted by atomic mass is 9.97. The third-order valence-corrected chi connectivity index (χ3v) is 2.64. The summed E-state index contributed by atoms with van der Waals surface area (Å²) in [5.41, 5.74) is 0.594. The Morgan fingerprint density at radius 2 is 1.59 bits per heavy atom. The number of hydrogen-bond donors (Lipinski definition) is 2. The van der Waals surface area contributed by atoms with Gasteiger partial charge in [-0.05, 0) is 33.8 Å². The Labute approximate surface area is 140 Å². The van der Waals surface area contributed by atoms with Crippen molar-refractivity contribution in [3.63, 3.8) is 0 Å². The predicted octanol–water partition coefficient (Wildman–Crippen LogP) is 2.77. The molecule has 0 aliphatic heterocycles. The van der Waals surface area contributed by atoms with Gasteiger partial charge in [-0.25, -0.2) is 0 Å². The highest BCUT2D eigenvalue weighted by Crippen LogP contribution is 2.10. The molecule has 0 spiro atoms. The molecule has 0 unspecified atom stereocenters. The summed E-state index contributed by atoms with van der Waals surface area (Å²) in [6, 6.07) is 0. The van der Waals surface area contributed by atoms with Crippen molar-refractivity contribution in [2.45, 2.75) is 47.8 Å². The number of aldehydes is 1. The van der Waals surface area contributed by atoms with Crippen molar-refractivity contribution in [3.05, 3.63) is 11.6 Å². The van der Waals surface area contributed by atoms with E-state index in [1.807, 2.05) is 20.8 Å². The maximum absolute atomic E-state index is 9.64. The molecule has 0 bridgehead atoms. The Morgan fingerprint density at radius 1 is 1.18 bits per heavy atom. The summed E-state index contributed by atoms with van der Waals surface area (Å²) in [4.78, 5) is 9.64. The van der Waals surface area contributed by atoms with Gasteiger partial charge in [-0.15, -0.1) is 11.6 Å². The van der Waals surface area contributed by atoms with Crippen LogP contribution in [0.25, 0.3) is 0 Å². The molecule has 0 fully saturated rings. The third-order valence-electron chi connectivity index (χ3n) is 2.22. The van der Waals surface area contributed by atoms with Gasteiger partial charge < -0.3 is 19.7 Å². The molecular formula is C16H33ClO5. The van der Waals surface area contributed by atoms with Crippen molar-refractivity contribution < 1.29 is 24.5 Å². The Morgan fingerprint density at radius 3 is 1.73 bits per heavy atom. The van der Waals surface area contributed by atoms with Crippen LogP contribution in [0, 0.1) is 5.41 Å². The van der Waals surface area contributed by atoms with E-state index in [1.165, 1.54) is 6.08 Å². The maximum atomic E-state index is 9.64. The van der Waals surface area contributed by atoms with E-state index < -0.39 is 0 Å². The van der Waals surface area contributed by atoms with Gasteiger partial charge in [0, 0.05) is 24.5 Å². The molecule has 0 heterocycles. The first-order valence-corrected chi connectivity index (χ1v) is 7.89. The molecule has 0 radical (unpaired) electrons. The van der Waals surface area contributed by atoms with Crippen LogP contribution >= 0.6 is 11.6 Å². The first kappa shape index (κ1) is 26.4. The first-order chi connectivity index (χ1) is 10.2. The Balaban J connectivity index is -0.000000247. The molecule has 0 aromatic carbocycles. The van der Waals surface area contributed by atoms with Crippen molar-refractivity contribution in [1.82, 2.24) is 0 Å². The van der Waals surface area contributed by atoms with Crippen LogP contribution in [0.1, 0.15) is 41.5 Å². The molecule has 0 atom stereocenters. The summed E-state index contributed by atoms with van der Waals surface area (Å²) in [5, 5.41) is 16.9. The van der Waals surface area contributed by atoms with Gasteiger partial charge in [0.1, 0.15) is 6.29 Å². The van der Waals surface area contributed by atoms with Gasteiger partial charge in [-0.3, -0.25) is 4.79 Å². The smallest absolute Gasteiger partial charge is 0.154 e. The van der Waals surface area contributed by atoms with Crippen molar-refractivity contribution >= 4 is 17.9 Å². The summed E-state index contributed by atoms with van der Waals surface area (Å²) in [7, 11) is 0. The quantitative estimate of drug-likeness (QED) is 0.307. The van der Waals surface area contributed by atoms with Gasteiger partial charge in [0.25, 0.3) is 0 Å². The average molecular weight is 341 g/mol. The summed E-state index contributed by atoms with van der Waals surface area (Å²) < 4.78 is 10.1. The standard InChI is InChI=1S/C6H14O2.C5H7ClO.C5H12O2/c1-4-7-6(3)8-5-2;1-5(4-6)2-3-7;1-5(2,3-6)4-7/h6H,4-5H2,1-3H3;2-3H,4H2,1H3;6-7H,3-4H2,1-2H3/b;5-2-;. The van der Waals surface area contributed by atoms with E-state index in [4.69, 9.17) is 31.3 Å². The molecule has 2 N–H and O–H groups in total. The second kappa shape index (κ2) is 18.6. The third kappa shape index (κ3) is 24.6. The topological polar surface area (TPSA) is 76.0 Å². The minimum Gasteiger partial charge on any atom is -0.396 e. The van der Waals surface area contributed by atoms with Crippen LogP contribution in [0.2, 0.25) is 0 Å². The number of carbonyl (C=O) groups excluding carboxylic acids is 1. The molecule has 0 aliphatic carbocycles. The average Bonchev–Trinajstić information content (AvgIpc) is 2.49. The van der Waals surface area contributed by atoms with Crippen molar-refractivity contribution in [1.29, 1.82) is 0 Å². The van der Waals surface area contributed by atoms with Crippen LogP contribution in [0.4, 0.5) is 0 Å². The van der Waals surface area contributed by atoms with E-state index in [2.05, 4.69) is 0 Å². The van der Waals surface area contributed by atoms with Gasteiger partial charge in [-0.2, -0.15) is 0 Å². The zero-order chi connectivity index (χ0) is 18.0. The zero-order valence-electron chi connectivity index (χ0n) is 14.8. The van der Waals surface area contributed by atoms with Crippen LogP contribution in [-0.2, 0) is 14.3 Å². The number of rotatable bonds is 8. The first-order valence-electron chi connectivity index (χ1n) is 7.36. The molecule has 0 rings (SSSR count).